The lowest BCUT2D eigenvalue weighted by Crippen LogP contribution is -2.47. The molecular formula is C26H24F4N6. The zero-order chi connectivity index (χ0) is 25.4. The molecule has 0 aliphatic carbocycles. The van der Waals surface area contributed by atoms with Gasteiger partial charge < -0.3 is 9.80 Å². The molecule has 4 heterocycles. The summed E-state index contributed by atoms with van der Waals surface area (Å²) >= 11 is 0. The lowest BCUT2D eigenvalue weighted by atomic mass is 10.1. The Hall–Kier alpha value is -3.95. The van der Waals surface area contributed by atoms with Gasteiger partial charge in [0.25, 0.3) is 0 Å². The Balaban J connectivity index is 1.47. The van der Waals surface area contributed by atoms with E-state index < -0.39 is 11.7 Å². The van der Waals surface area contributed by atoms with Crippen LogP contribution in [0, 0.1) is 19.7 Å². The number of hydrogen-bond donors (Lipinski definition) is 0. The fourth-order valence-corrected chi connectivity index (χ4v) is 4.45. The standard InChI is InChI=1S/C26H24F4N6/c1-17-5-6-18(2)36(17)25-32-22(19-7-9-20(27)10-8-19)16-23(33-25)34-12-14-35(15-13-34)24-21(26(28,29)30)4-3-11-31-24/h3-11,16H,12-15H2,1-2H3. The van der Waals surface area contributed by atoms with Gasteiger partial charge in [0.15, 0.2) is 0 Å². The molecule has 1 fully saturated rings. The molecule has 0 atom stereocenters. The summed E-state index contributed by atoms with van der Waals surface area (Å²) in [5.74, 6) is 0.745. The quantitative estimate of drug-likeness (QED) is 0.353. The van der Waals surface area contributed by atoms with Gasteiger partial charge in [0.05, 0.1) is 11.3 Å². The first-order chi connectivity index (χ1) is 17.2. The normalized spacial score (nSPS) is 14.4. The Morgan fingerprint density at radius 3 is 2.08 bits per heavy atom. The largest absolute Gasteiger partial charge is 0.419 e. The number of benzene rings is 1. The Labute approximate surface area is 205 Å². The Morgan fingerprint density at radius 1 is 0.806 bits per heavy atom. The van der Waals surface area contributed by atoms with Crippen LogP contribution in [-0.2, 0) is 6.18 Å². The second kappa shape index (κ2) is 9.25. The first-order valence-corrected chi connectivity index (χ1v) is 11.5. The van der Waals surface area contributed by atoms with Crippen LogP contribution in [0.25, 0.3) is 17.2 Å². The van der Waals surface area contributed by atoms with Crippen LogP contribution in [0.15, 0.2) is 60.8 Å². The number of hydrogen-bond acceptors (Lipinski definition) is 5. The second-order valence-electron chi connectivity index (χ2n) is 8.72. The molecule has 1 aromatic carbocycles. The third-order valence-electron chi connectivity index (χ3n) is 6.31. The van der Waals surface area contributed by atoms with Crippen LogP contribution < -0.4 is 9.80 Å². The minimum atomic E-state index is -4.47. The Bertz CT molecular complexity index is 1350. The van der Waals surface area contributed by atoms with Gasteiger partial charge in [0, 0.05) is 55.4 Å². The van der Waals surface area contributed by atoms with Crippen molar-refractivity contribution in [1.29, 1.82) is 0 Å². The molecule has 0 radical (unpaired) electrons. The summed E-state index contributed by atoms with van der Waals surface area (Å²) in [5, 5.41) is 0. The topological polar surface area (TPSA) is 50.1 Å². The Kier molecular flexibility index (Phi) is 6.11. The van der Waals surface area contributed by atoms with E-state index in [1.165, 1.54) is 24.4 Å². The van der Waals surface area contributed by atoms with Crippen molar-refractivity contribution < 1.29 is 17.6 Å². The summed E-state index contributed by atoms with van der Waals surface area (Å²) in [6, 6.07) is 14.2. The molecule has 3 aromatic heterocycles. The molecule has 0 saturated carbocycles. The van der Waals surface area contributed by atoms with E-state index in [1.807, 2.05) is 41.5 Å². The second-order valence-corrected chi connectivity index (χ2v) is 8.72. The summed E-state index contributed by atoms with van der Waals surface area (Å²) in [6.45, 7) is 5.54. The van der Waals surface area contributed by atoms with Crippen molar-refractivity contribution in [1.82, 2.24) is 19.5 Å². The lowest BCUT2D eigenvalue weighted by Gasteiger charge is -2.37. The van der Waals surface area contributed by atoms with E-state index in [-0.39, 0.29) is 11.6 Å². The average molecular weight is 497 g/mol. The first-order valence-electron chi connectivity index (χ1n) is 11.5. The number of aryl methyl sites for hydroxylation is 2. The van der Waals surface area contributed by atoms with Crippen molar-refractivity contribution >= 4 is 11.6 Å². The number of anilines is 2. The Morgan fingerprint density at radius 2 is 1.44 bits per heavy atom. The fourth-order valence-electron chi connectivity index (χ4n) is 4.45. The first kappa shape index (κ1) is 23.8. The van der Waals surface area contributed by atoms with Gasteiger partial charge in [0.2, 0.25) is 5.95 Å². The number of pyridine rings is 1. The number of rotatable bonds is 4. The molecule has 0 amide bonds. The van der Waals surface area contributed by atoms with Crippen molar-refractivity contribution in [3.05, 3.63) is 83.6 Å². The number of halogens is 4. The summed E-state index contributed by atoms with van der Waals surface area (Å²) in [4.78, 5) is 17.3. The molecule has 4 aromatic rings. The highest BCUT2D eigenvalue weighted by Crippen LogP contribution is 2.35. The molecule has 6 nitrogen and oxygen atoms in total. The average Bonchev–Trinajstić information content (AvgIpc) is 3.21. The van der Waals surface area contributed by atoms with Gasteiger partial charge in [-0.25, -0.2) is 14.4 Å². The maximum atomic E-state index is 13.5. The number of aromatic nitrogens is 4. The van der Waals surface area contributed by atoms with Crippen molar-refractivity contribution in [2.75, 3.05) is 36.0 Å². The summed E-state index contributed by atoms with van der Waals surface area (Å²) in [7, 11) is 0. The monoisotopic (exact) mass is 496 g/mol. The lowest BCUT2D eigenvalue weighted by molar-refractivity contribution is -0.137. The minimum Gasteiger partial charge on any atom is -0.353 e. The molecule has 1 saturated heterocycles. The predicted octanol–water partition coefficient (Wildman–Crippen LogP) is 5.43. The predicted molar refractivity (Wildman–Crippen MR) is 130 cm³/mol. The molecule has 1 aliphatic rings. The molecule has 5 rings (SSSR count). The smallest absolute Gasteiger partial charge is 0.353 e. The van der Waals surface area contributed by atoms with Crippen molar-refractivity contribution in [3.63, 3.8) is 0 Å². The van der Waals surface area contributed by atoms with Crippen LogP contribution in [0.4, 0.5) is 29.2 Å². The van der Waals surface area contributed by atoms with Gasteiger partial charge in [-0.1, -0.05) is 0 Å². The zero-order valence-electron chi connectivity index (χ0n) is 19.8. The fraction of sp³-hybridized carbons (Fsp3) is 0.269. The molecule has 1 aliphatic heterocycles. The van der Waals surface area contributed by atoms with E-state index in [4.69, 9.17) is 9.97 Å². The molecule has 186 valence electrons. The van der Waals surface area contributed by atoms with Gasteiger partial charge in [-0.2, -0.15) is 18.2 Å². The van der Waals surface area contributed by atoms with E-state index in [0.717, 1.165) is 23.0 Å². The minimum absolute atomic E-state index is 0.0568. The number of alkyl halides is 3. The molecule has 0 spiro atoms. The van der Waals surface area contributed by atoms with Gasteiger partial charge in [0.1, 0.15) is 17.5 Å². The number of piperazine rings is 1. The maximum absolute atomic E-state index is 13.5. The third-order valence-corrected chi connectivity index (χ3v) is 6.31. The van der Waals surface area contributed by atoms with Gasteiger partial charge in [-0.15, -0.1) is 0 Å². The van der Waals surface area contributed by atoms with Crippen molar-refractivity contribution in [2.24, 2.45) is 0 Å². The summed E-state index contributed by atoms with van der Waals surface area (Å²) in [6.07, 6.45) is -3.09. The zero-order valence-corrected chi connectivity index (χ0v) is 19.8. The van der Waals surface area contributed by atoms with E-state index in [9.17, 15) is 17.6 Å². The van der Waals surface area contributed by atoms with Crippen molar-refractivity contribution in [2.45, 2.75) is 20.0 Å². The summed E-state index contributed by atoms with van der Waals surface area (Å²) < 4.78 is 56.0. The molecular weight excluding hydrogens is 472 g/mol. The molecule has 0 N–H and O–H groups in total. The van der Waals surface area contributed by atoms with Gasteiger partial charge >= 0.3 is 6.18 Å². The maximum Gasteiger partial charge on any atom is 0.419 e. The highest BCUT2D eigenvalue weighted by molar-refractivity contribution is 5.64. The molecule has 36 heavy (non-hydrogen) atoms. The van der Waals surface area contributed by atoms with E-state index in [0.29, 0.717) is 43.6 Å². The van der Waals surface area contributed by atoms with E-state index in [1.54, 1.807) is 17.0 Å². The van der Waals surface area contributed by atoms with Crippen LogP contribution in [0.3, 0.4) is 0 Å². The van der Waals surface area contributed by atoms with Crippen molar-refractivity contribution in [3.8, 4) is 17.2 Å². The highest BCUT2D eigenvalue weighted by Gasteiger charge is 2.36. The molecule has 0 unspecified atom stereocenters. The van der Waals surface area contributed by atoms with E-state index >= 15 is 0 Å². The van der Waals surface area contributed by atoms with Crippen LogP contribution in [-0.4, -0.2) is 45.7 Å². The van der Waals surface area contributed by atoms with Gasteiger partial charge in [-0.3, -0.25) is 4.57 Å². The van der Waals surface area contributed by atoms with Crippen LogP contribution in [0.5, 0.6) is 0 Å². The van der Waals surface area contributed by atoms with E-state index in [2.05, 4.69) is 4.98 Å². The molecule has 10 heteroatoms. The highest BCUT2D eigenvalue weighted by atomic mass is 19.4. The third kappa shape index (κ3) is 4.62. The van der Waals surface area contributed by atoms with Crippen LogP contribution in [0.1, 0.15) is 17.0 Å². The molecule has 0 bridgehead atoms. The SMILES string of the molecule is Cc1ccc(C)n1-c1nc(-c2ccc(F)cc2)cc(N2CCN(c3ncccc3C(F)(F)F)CC2)n1. The summed E-state index contributed by atoms with van der Waals surface area (Å²) in [5.41, 5.74) is 2.57. The van der Waals surface area contributed by atoms with Crippen LogP contribution in [0.2, 0.25) is 0 Å². The number of nitrogens with zero attached hydrogens (tertiary/aromatic N) is 6. The van der Waals surface area contributed by atoms with Gasteiger partial charge in [-0.05, 0) is 62.4 Å². The van der Waals surface area contributed by atoms with Crippen LogP contribution >= 0.6 is 0 Å².